The number of benzene rings is 2. The molecule has 4 N–H and O–H groups in total. The monoisotopic (exact) mass is 393 g/mol. The van der Waals surface area contributed by atoms with Gasteiger partial charge in [-0.1, -0.05) is 30.7 Å². The minimum atomic E-state index is -0.455. The number of nitrogens with two attached hydrogens (primary N) is 2. The lowest BCUT2D eigenvalue weighted by molar-refractivity contribution is 0.217. The van der Waals surface area contributed by atoms with Crippen LogP contribution in [0.15, 0.2) is 64.6 Å². The molecule has 7 nitrogen and oxygen atoms in total. The van der Waals surface area contributed by atoms with Crippen molar-refractivity contribution >= 4 is 17.6 Å². The van der Waals surface area contributed by atoms with Crippen molar-refractivity contribution in [1.29, 1.82) is 0 Å². The minimum absolute atomic E-state index is 0.256. The zero-order chi connectivity index (χ0) is 20.1. The Morgan fingerprint density at radius 3 is 2.31 bits per heavy atom. The fourth-order valence-corrected chi connectivity index (χ4v) is 4.04. The van der Waals surface area contributed by atoms with E-state index in [4.69, 9.17) is 25.9 Å². The molecule has 152 valence electrons. The Kier molecular flexibility index (Phi) is 5.55. The van der Waals surface area contributed by atoms with Gasteiger partial charge in [-0.2, -0.15) is 4.99 Å². The van der Waals surface area contributed by atoms with Crippen molar-refractivity contribution in [3.63, 3.8) is 0 Å². The first-order valence-electron chi connectivity index (χ1n) is 10.1. The number of hydrogen-bond acceptors (Lipinski definition) is 7. The smallest absolute Gasteiger partial charge is 0.220 e. The van der Waals surface area contributed by atoms with Crippen LogP contribution < -0.4 is 25.8 Å². The van der Waals surface area contributed by atoms with E-state index in [1.54, 1.807) is 0 Å². The molecule has 0 atom stereocenters. The third-order valence-corrected chi connectivity index (χ3v) is 5.29. The van der Waals surface area contributed by atoms with Crippen molar-refractivity contribution in [1.82, 2.24) is 0 Å². The second kappa shape index (κ2) is 8.43. The molecule has 0 unspecified atom stereocenters. The molecule has 2 aromatic carbocycles. The highest BCUT2D eigenvalue weighted by Crippen LogP contribution is 2.40. The zero-order valence-electron chi connectivity index (χ0n) is 16.5. The van der Waals surface area contributed by atoms with Crippen LogP contribution in [0.5, 0.6) is 11.5 Å². The molecule has 1 aliphatic heterocycles. The second-order valence-corrected chi connectivity index (χ2v) is 7.33. The van der Waals surface area contributed by atoms with Gasteiger partial charge in [0.15, 0.2) is 0 Å². The van der Waals surface area contributed by atoms with Gasteiger partial charge in [0.05, 0.1) is 0 Å². The highest BCUT2D eigenvalue weighted by atomic mass is 16.5. The highest BCUT2D eigenvalue weighted by Gasteiger charge is 2.42. The van der Waals surface area contributed by atoms with Gasteiger partial charge in [0, 0.05) is 11.8 Å². The summed E-state index contributed by atoms with van der Waals surface area (Å²) in [5.74, 6) is 2.22. The lowest BCUT2D eigenvalue weighted by atomic mass is 9.87. The summed E-state index contributed by atoms with van der Waals surface area (Å²) in [6.07, 6.45) is 5.19. The van der Waals surface area contributed by atoms with Gasteiger partial charge in [0.25, 0.3) is 0 Å². The summed E-state index contributed by atoms with van der Waals surface area (Å²) in [4.78, 5) is 10.9. The molecule has 2 aliphatic rings. The molecule has 1 spiro atoms. The molecule has 1 aliphatic carbocycles. The number of guanidine groups is 2. The van der Waals surface area contributed by atoms with Gasteiger partial charge in [-0.15, -0.1) is 0 Å². The average Bonchev–Trinajstić information content (AvgIpc) is 2.72. The number of ether oxygens (including phenoxy) is 2. The van der Waals surface area contributed by atoms with Crippen LogP contribution in [-0.4, -0.2) is 30.8 Å². The summed E-state index contributed by atoms with van der Waals surface area (Å²) in [5.41, 5.74) is 12.7. The standard InChI is InChI=1S/C22H27N5O2/c23-20-25-21(24)27(22(26-20)12-5-2-6-13-22)17-8-7-11-19(16-17)29-15-14-28-18-9-3-1-4-10-18/h1,3-4,7-11,16H,2,5-6,12-15H2,(H4,23,24,25,26). The summed E-state index contributed by atoms with van der Waals surface area (Å²) in [6.45, 7) is 0.907. The van der Waals surface area contributed by atoms with Crippen molar-refractivity contribution in [2.45, 2.75) is 37.8 Å². The van der Waals surface area contributed by atoms with Gasteiger partial charge in [-0.3, -0.25) is 4.90 Å². The predicted octanol–water partition coefficient (Wildman–Crippen LogP) is 3.25. The maximum atomic E-state index is 6.30. The van der Waals surface area contributed by atoms with Crippen molar-refractivity contribution in [3.8, 4) is 11.5 Å². The van der Waals surface area contributed by atoms with E-state index in [1.165, 1.54) is 6.42 Å². The van der Waals surface area contributed by atoms with Gasteiger partial charge in [-0.25, -0.2) is 4.99 Å². The van der Waals surface area contributed by atoms with E-state index < -0.39 is 5.66 Å². The average molecular weight is 393 g/mol. The molecule has 0 radical (unpaired) electrons. The molecule has 1 heterocycles. The number of anilines is 1. The van der Waals surface area contributed by atoms with Gasteiger partial charge in [0.1, 0.15) is 30.4 Å². The second-order valence-electron chi connectivity index (χ2n) is 7.33. The first-order valence-corrected chi connectivity index (χ1v) is 10.1. The predicted molar refractivity (Wildman–Crippen MR) is 115 cm³/mol. The summed E-state index contributed by atoms with van der Waals surface area (Å²) >= 11 is 0. The summed E-state index contributed by atoms with van der Waals surface area (Å²) in [6, 6.07) is 17.6. The molecule has 0 aromatic heterocycles. The Balaban J connectivity index is 1.46. The third kappa shape index (κ3) is 4.29. The molecule has 1 fully saturated rings. The van der Waals surface area contributed by atoms with E-state index in [-0.39, 0.29) is 5.96 Å². The number of aliphatic imine (C=N–C) groups is 2. The quantitative estimate of drug-likeness (QED) is 0.734. The van der Waals surface area contributed by atoms with Crippen LogP contribution in [0.3, 0.4) is 0 Å². The Hall–Kier alpha value is -3.22. The Bertz CT molecular complexity index is 891. The Morgan fingerprint density at radius 2 is 1.55 bits per heavy atom. The van der Waals surface area contributed by atoms with Crippen LogP contribution in [0, 0.1) is 0 Å². The lowest BCUT2D eigenvalue weighted by Gasteiger charge is -2.45. The molecule has 2 aromatic rings. The topological polar surface area (TPSA) is 98.5 Å². The number of hydrogen-bond donors (Lipinski definition) is 2. The van der Waals surface area contributed by atoms with Crippen LogP contribution in [0.1, 0.15) is 32.1 Å². The van der Waals surface area contributed by atoms with Crippen LogP contribution in [0.4, 0.5) is 5.69 Å². The van der Waals surface area contributed by atoms with Crippen molar-refractivity contribution in [2.24, 2.45) is 21.5 Å². The normalized spacial score (nSPS) is 18.1. The van der Waals surface area contributed by atoms with Gasteiger partial charge >= 0.3 is 0 Å². The number of rotatable bonds is 6. The Labute approximate surface area is 171 Å². The number of para-hydroxylation sites is 1. The summed E-state index contributed by atoms with van der Waals surface area (Å²) in [7, 11) is 0. The van der Waals surface area contributed by atoms with Crippen LogP contribution in [0.2, 0.25) is 0 Å². The van der Waals surface area contributed by atoms with E-state index >= 15 is 0 Å². The van der Waals surface area contributed by atoms with Crippen molar-refractivity contribution < 1.29 is 9.47 Å². The van der Waals surface area contributed by atoms with Gasteiger partial charge in [-0.05, 0) is 49.9 Å². The third-order valence-electron chi connectivity index (χ3n) is 5.29. The molecule has 29 heavy (non-hydrogen) atoms. The van der Waals surface area contributed by atoms with Crippen LogP contribution in [0.25, 0.3) is 0 Å². The molecular weight excluding hydrogens is 366 g/mol. The largest absolute Gasteiger partial charge is 0.490 e. The minimum Gasteiger partial charge on any atom is -0.490 e. The lowest BCUT2D eigenvalue weighted by Crippen LogP contribution is -2.58. The molecular formula is C22H27N5O2. The first kappa shape index (κ1) is 19.1. The molecule has 1 saturated carbocycles. The fourth-order valence-electron chi connectivity index (χ4n) is 4.04. The van der Waals surface area contributed by atoms with Gasteiger partial charge < -0.3 is 20.9 Å². The van der Waals surface area contributed by atoms with Crippen molar-refractivity contribution in [3.05, 3.63) is 54.6 Å². The first-order chi connectivity index (χ1) is 14.2. The maximum Gasteiger partial charge on any atom is 0.220 e. The van der Waals surface area contributed by atoms with Crippen LogP contribution in [-0.2, 0) is 0 Å². The SMILES string of the molecule is NC1=NC2(CCCCC2)N(c2cccc(OCCOc3ccccc3)c2)C(N)=N1. The maximum absolute atomic E-state index is 6.30. The molecule has 0 saturated heterocycles. The molecule has 4 rings (SSSR count). The van der Waals surface area contributed by atoms with Gasteiger partial charge in [0.2, 0.25) is 11.9 Å². The van der Waals surface area contributed by atoms with E-state index in [0.717, 1.165) is 42.9 Å². The van der Waals surface area contributed by atoms with Crippen LogP contribution >= 0.6 is 0 Å². The molecule has 0 bridgehead atoms. The van der Waals surface area contributed by atoms with E-state index in [9.17, 15) is 0 Å². The Morgan fingerprint density at radius 1 is 0.862 bits per heavy atom. The number of nitrogens with zero attached hydrogens (tertiary/aromatic N) is 3. The fraction of sp³-hybridized carbons (Fsp3) is 0.364. The summed E-state index contributed by atoms with van der Waals surface area (Å²) in [5, 5.41) is 0. The van der Waals surface area contributed by atoms with E-state index in [1.807, 2.05) is 59.5 Å². The highest BCUT2D eigenvalue weighted by molar-refractivity contribution is 6.05. The van der Waals surface area contributed by atoms with E-state index in [0.29, 0.717) is 19.2 Å². The summed E-state index contributed by atoms with van der Waals surface area (Å²) < 4.78 is 11.6. The van der Waals surface area contributed by atoms with Crippen molar-refractivity contribution in [2.75, 3.05) is 18.1 Å². The molecule has 0 amide bonds. The van der Waals surface area contributed by atoms with E-state index in [2.05, 4.69) is 4.99 Å². The molecule has 7 heteroatoms. The zero-order valence-corrected chi connectivity index (χ0v) is 16.5.